The Labute approximate surface area is 136 Å². The van der Waals surface area contributed by atoms with E-state index >= 15 is 0 Å². The van der Waals surface area contributed by atoms with Crippen LogP contribution < -0.4 is 5.09 Å². The Kier molecular flexibility index (Phi) is 5.32. The van der Waals surface area contributed by atoms with Gasteiger partial charge >= 0.3 is 13.7 Å². The van der Waals surface area contributed by atoms with Crippen molar-refractivity contribution in [1.82, 2.24) is 5.09 Å². The van der Waals surface area contributed by atoms with Crippen LogP contribution in [-0.2, 0) is 27.9 Å². The van der Waals surface area contributed by atoms with Crippen LogP contribution in [0.2, 0.25) is 0 Å². The first-order valence-electron chi connectivity index (χ1n) is 7.31. The van der Waals surface area contributed by atoms with Gasteiger partial charge in [0.2, 0.25) is 0 Å². The van der Waals surface area contributed by atoms with Gasteiger partial charge in [0.15, 0.2) is 0 Å². The molecule has 1 N–H and O–H groups in total. The van der Waals surface area contributed by atoms with Crippen LogP contribution in [0.3, 0.4) is 0 Å². The van der Waals surface area contributed by atoms with E-state index in [4.69, 9.17) is 30.1 Å². The average Bonchev–Trinajstić information content (AvgIpc) is 2.60. The minimum Gasteiger partial charge on any atom is -0.462 e. The predicted molar refractivity (Wildman–Crippen MR) is 83.7 cm³/mol. The molecular weight excluding hydrogens is 331 g/mol. The Hall–Kier alpha value is -0.105. The largest absolute Gasteiger partial charge is 0.462 e. The monoisotopic (exact) mass is 353 g/mol. The molecule has 7 nitrogen and oxygen atoms in total. The zero-order valence-corrected chi connectivity index (χ0v) is 15.0. The third-order valence-corrected chi connectivity index (χ3v) is 6.01. The molecule has 0 aromatic rings. The number of fused-ring (bicyclic) bond motifs is 1. The van der Waals surface area contributed by atoms with E-state index in [9.17, 15) is 9.36 Å². The summed E-state index contributed by atoms with van der Waals surface area (Å²) in [5, 5.41) is 2.59. The molecule has 2 fully saturated rings. The van der Waals surface area contributed by atoms with E-state index in [2.05, 4.69) is 5.09 Å². The normalized spacial score (nSPS) is 42.9. The van der Waals surface area contributed by atoms with Crippen molar-refractivity contribution >= 4 is 33.2 Å². The lowest BCUT2D eigenvalue weighted by Crippen LogP contribution is -2.47. The molecular formula is C12H22BClNO6P. The molecule has 0 saturated carbocycles. The molecule has 2 heterocycles. The van der Waals surface area contributed by atoms with Crippen LogP contribution in [0, 0.1) is 0 Å². The van der Waals surface area contributed by atoms with Gasteiger partial charge in [0.25, 0.3) is 0 Å². The summed E-state index contributed by atoms with van der Waals surface area (Å²) in [6.45, 7) is 6.88. The first-order valence-corrected chi connectivity index (χ1v) is 9.23. The summed E-state index contributed by atoms with van der Waals surface area (Å²) in [6.07, 6.45) is -1.21. The van der Waals surface area contributed by atoms with E-state index in [1.807, 2.05) is 7.85 Å². The van der Waals surface area contributed by atoms with E-state index in [0.29, 0.717) is 0 Å². The lowest BCUT2D eigenvalue weighted by Gasteiger charge is -2.36. The smallest absolute Gasteiger partial charge is 0.406 e. The van der Waals surface area contributed by atoms with E-state index in [1.54, 1.807) is 20.8 Å². The summed E-state index contributed by atoms with van der Waals surface area (Å²) in [6, 6.07) is -1.09. The number of alkyl halides is 1. The molecule has 0 aliphatic carbocycles. The highest BCUT2D eigenvalue weighted by molar-refractivity contribution is 7.51. The van der Waals surface area contributed by atoms with Gasteiger partial charge in [-0.2, -0.15) is 0 Å². The molecule has 2 aliphatic rings. The summed E-state index contributed by atoms with van der Waals surface area (Å²) in [7, 11) is -1.83. The average molecular weight is 354 g/mol. The fourth-order valence-electron chi connectivity index (χ4n) is 2.40. The molecule has 2 rings (SSSR count). The number of hydrogen-bond donors (Lipinski definition) is 1. The zero-order chi connectivity index (χ0) is 16.7. The highest BCUT2D eigenvalue weighted by Gasteiger charge is 2.57. The van der Waals surface area contributed by atoms with Crippen LogP contribution in [0.1, 0.15) is 27.7 Å². The maximum absolute atomic E-state index is 12.7. The standard InChI is InChI=1S/C12H22BClNO6P/c1-6(2)19-10(16)7(3)15-22(17)18-5-8-9(21-22)12(4,14)11(13)20-8/h6-9,11H,5,13H2,1-4H3,(H,15,17)/t7-,8-,9-,11-,12-,22?/m1/s1. The summed E-state index contributed by atoms with van der Waals surface area (Å²) in [4.78, 5) is 11.0. The van der Waals surface area contributed by atoms with Gasteiger partial charge in [-0.1, -0.05) is 0 Å². The highest BCUT2D eigenvalue weighted by atomic mass is 35.5. The van der Waals surface area contributed by atoms with Gasteiger partial charge in [-0.15, -0.1) is 11.6 Å². The number of ether oxygens (including phenoxy) is 2. The second-order valence-electron chi connectivity index (χ2n) is 6.12. The van der Waals surface area contributed by atoms with Gasteiger partial charge in [-0.3, -0.25) is 13.8 Å². The minimum atomic E-state index is -3.66. The molecule has 0 amide bonds. The van der Waals surface area contributed by atoms with Gasteiger partial charge < -0.3 is 9.47 Å². The number of hydrogen-bond acceptors (Lipinski definition) is 6. The number of carbonyl (C=O) groups excluding carboxylic acids is 1. The van der Waals surface area contributed by atoms with Crippen LogP contribution in [0.25, 0.3) is 0 Å². The van der Waals surface area contributed by atoms with Crippen molar-refractivity contribution in [2.75, 3.05) is 6.61 Å². The second kappa shape index (κ2) is 6.42. The van der Waals surface area contributed by atoms with E-state index in [1.165, 1.54) is 6.92 Å². The van der Waals surface area contributed by atoms with Crippen molar-refractivity contribution < 1.29 is 27.9 Å². The summed E-state index contributed by atoms with van der Waals surface area (Å²) < 4.78 is 34.3. The molecule has 2 aliphatic heterocycles. The molecule has 2 saturated heterocycles. The van der Waals surface area contributed by atoms with Crippen molar-refractivity contribution in [1.29, 1.82) is 0 Å². The van der Waals surface area contributed by atoms with Crippen LogP contribution in [-0.4, -0.2) is 55.7 Å². The topological polar surface area (TPSA) is 83.1 Å². The molecule has 1 unspecified atom stereocenters. The van der Waals surface area contributed by atoms with E-state index < -0.39 is 30.7 Å². The minimum absolute atomic E-state index is 0.0908. The lowest BCUT2D eigenvalue weighted by molar-refractivity contribution is -0.149. The molecule has 126 valence electrons. The van der Waals surface area contributed by atoms with Gasteiger partial charge in [-0.05, 0) is 27.7 Å². The third kappa shape index (κ3) is 3.69. The molecule has 0 radical (unpaired) electrons. The van der Waals surface area contributed by atoms with Crippen molar-refractivity contribution in [2.24, 2.45) is 0 Å². The Balaban J connectivity index is 2.03. The van der Waals surface area contributed by atoms with Crippen molar-refractivity contribution in [3.63, 3.8) is 0 Å². The van der Waals surface area contributed by atoms with Crippen LogP contribution in [0.4, 0.5) is 0 Å². The van der Waals surface area contributed by atoms with Crippen molar-refractivity contribution in [3.05, 3.63) is 0 Å². The Morgan fingerprint density at radius 2 is 2.14 bits per heavy atom. The van der Waals surface area contributed by atoms with Gasteiger partial charge in [-0.25, -0.2) is 9.65 Å². The van der Waals surface area contributed by atoms with E-state index in [0.717, 1.165) is 0 Å². The third-order valence-electron chi connectivity index (χ3n) is 3.79. The quantitative estimate of drug-likeness (QED) is 0.346. The summed E-state index contributed by atoms with van der Waals surface area (Å²) >= 11 is 6.44. The SMILES string of the molecule is B[C@@H]1O[C@@H]2COP(=O)(N[C@H](C)C(=O)OC(C)C)O[C@H]2[C@@]1(C)Cl. The molecule has 0 aromatic carbocycles. The fraction of sp³-hybridized carbons (Fsp3) is 0.917. The Morgan fingerprint density at radius 3 is 2.73 bits per heavy atom. The summed E-state index contributed by atoms with van der Waals surface area (Å²) in [5.74, 6) is -0.524. The van der Waals surface area contributed by atoms with Gasteiger partial charge in [0.1, 0.15) is 26.1 Å². The van der Waals surface area contributed by atoms with Crippen LogP contribution in [0.15, 0.2) is 0 Å². The predicted octanol–water partition coefficient (Wildman–Crippen LogP) is 0.795. The molecule has 6 atom stereocenters. The number of halogens is 1. The van der Waals surface area contributed by atoms with Gasteiger partial charge in [0.05, 0.1) is 17.6 Å². The maximum atomic E-state index is 12.7. The molecule has 0 aromatic heterocycles. The number of carbonyl (C=O) groups is 1. The van der Waals surface area contributed by atoms with Crippen LogP contribution >= 0.6 is 19.3 Å². The Bertz CT molecular complexity index is 490. The first-order chi connectivity index (χ1) is 10.0. The highest BCUT2D eigenvalue weighted by Crippen LogP contribution is 2.55. The first kappa shape index (κ1) is 18.2. The van der Waals surface area contributed by atoms with Gasteiger partial charge in [0, 0.05) is 6.00 Å². The van der Waals surface area contributed by atoms with Crippen molar-refractivity contribution in [2.45, 2.75) is 62.9 Å². The molecule has 10 heteroatoms. The number of nitrogens with one attached hydrogen (secondary N) is 1. The summed E-state index contributed by atoms with van der Waals surface area (Å²) in [5.41, 5.74) is 0. The van der Waals surface area contributed by atoms with Crippen LogP contribution in [0.5, 0.6) is 0 Å². The van der Waals surface area contributed by atoms with Crippen molar-refractivity contribution in [3.8, 4) is 0 Å². The number of rotatable bonds is 4. The maximum Gasteiger partial charge on any atom is 0.406 e. The fourth-order valence-corrected chi connectivity index (χ4v) is 4.47. The molecule has 0 spiro atoms. The van der Waals surface area contributed by atoms with E-state index in [-0.39, 0.29) is 24.8 Å². The molecule has 0 bridgehead atoms. The number of esters is 1. The molecule has 22 heavy (non-hydrogen) atoms. The Morgan fingerprint density at radius 1 is 1.50 bits per heavy atom. The zero-order valence-electron chi connectivity index (χ0n) is 13.4. The lowest BCUT2D eigenvalue weighted by atomic mass is 9.85. The second-order valence-corrected chi connectivity index (χ2v) is 8.66.